The maximum absolute atomic E-state index is 6.06. The van der Waals surface area contributed by atoms with Crippen molar-refractivity contribution in [1.82, 2.24) is 9.78 Å². The van der Waals surface area contributed by atoms with Crippen LogP contribution in [0, 0.1) is 5.92 Å². The number of halogens is 1. The summed E-state index contributed by atoms with van der Waals surface area (Å²) < 4.78 is 2.10. The van der Waals surface area contributed by atoms with Gasteiger partial charge in [0, 0.05) is 17.3 Å². The van der Waals surface area contributed by atoms with E-state index in [4.69, 9.17) is 17.3 Å². The van der Waals surface area contributed by atoms with Gasteiger partial charge in [-0.3, -0.25) is 4.68 Å². The molecule has 0 radical (unpaired) electrons. The maximum Gasteiger partial charge on any atom is 0.0624 e. The molecule has 3 nitrogen and oxygen atoms in total. The van der Waals surface area contributed by atoms with Gasteiger partial charge in [-0.15, -0.1) is 0 Å². The van der Waals surface area contributed by atoms with Crippen LogP contribution in [0.25, 0.3) is 0 Å². The molecule has 2 aromatic rings. The molecule has 2 N–H and O–H groups in total. The number of nitrogens with zero attached hydrogens (tertiary/aromatic N) is 2. The molecule has 0 bridgehead atoms. The van der Waals surface area contributed by atoms with E-state index < -0.39 is 0 Å². The van der Waals surface area contributed by atoms with Crippen molar-refractivity contribution >= 4 is 11.6 Å². The van der Waals surface area contributed by atoms with Gasteiger partial charge in [0.25, 0.3) is 0 Å². The second-order valence-electron chi connectivity index (χ2n) is 5.44. The topological polar surface area (TPSA) is 43.8 Å². The average Bonchev–Trinajstić information content (AvgIpc) is 2.88. The van der Waals surface area contributed by atoms with Crippen molar-refractivity contribution in [3.8, 4) is 0 Å². The number of aromatic nitrogens is 2. The fourth-order valence-corrected chi connectivity index (χ4v) is 2.87. The lowest BCUT2D eigenvalue weighted by molar-refractivity contribution is 0.499. The molecule has 0 aliphatic rings. The van der Waals surface area contributed by atoms with Gasteiger partial charge in [0.1, 0.15) is 0 Å². The molecule has 1 heterocycles. The molecule has 0 aliphatic carbocycles. The average molecular weight is 306 g/mol. The molecule has 2 rings (SSSR count). The molecule has 0 spiro atoms. The third kappa shape index (κ3) is 4.32. The minimum absolute atomic E-state index is 0.412. The van der Waals surface area contributed by atoms with Crippen LogP contribution in [-0.2, 0) is 25.8 Å². The van der Waals surface area contributed by atoms with Crippen molar-refractivity contribution in [2.24, 2.45) is 11.7 Å². The van der Waals surface area contributed by atoms with Crippen LogP contribution < -0.4 is 5.73 Å². The minimum Gasteiger partial charge on any atom is -0.330 e. The van der Waals surface area contributed by atoms with Gasteiger partial charge in [0.05, 0.1) is 5.69 Å². The van der Waals surface area contributed by atoms with E-state index in [1.54, 1.807) is 0 Å². The highest BCUT2D eigenvalue weighted by atomic mass is 35.5. The molecule has 0 fully saturated rings. The number of nitrogens with two attached hydrogens (primary N) is 1. The number of aryl methyl sites for hydroxylation is 2. The van der Waals surface area contributed by atoms with Crippen molar-refractivity contribution in [3.63, 3.8) is 0 Å². The normalized spacial score (nSPS) is 12.6. The van der Waals surface area contributed by atoms with Crippen molar-refractivity contribution in [3.05, 3.63) is 52.3 Å². The van der Waals surface area contributed by atoms with Crippen molar-refractivity contribution in [2.75, 3.05) is 6.54 Å². The summed E-state index contributed by atoms with van der Waals surface area (Å²) in [4.78, 5) is 0. The number of rotatable bonds is 7. The van der Waals surface area contributed by atoms with Gasteiger partial charge in [-0.25, -0.2) is 0 Å². The van der Waals surface area contributed by atoms with E-state index in [-0.39, 0.29) is 0 Å². The Morgan fingerprint density at radius 2 is 2.05 bits per heavy atom. The highest BCUT2D eigenvalue weighted by Crippen LogP contribution is 2.18. The third-order valence-corrected chi connectivity index (χ3v) is 4.06. The zero-order valence-corrected chi connectivity index (χ0v) is 13.6. The summed E-state index contributed by atoms with van der Waals surface area (Å²) in [6.45, 7) is 5.84. The fraction of sp³-hybridized carbons (Fsp3) is 0.471. The van der Waals surface area contributed by atoms with E-state index in [0.717, 1.165) is 36.5 Å². The molecule has 0 amide bonds. The van der Waals surface area contributed by atoms with Crippen LogP contribution in [0.4, 0.5) is 0 Å². The van der Waals surface area contributed by atoms with Crippen LogP contribution in [-0.4, -0.2) is 16.3 Å². The molecule has 4 heteroatoms. The van der Waals surface area contributed by atoms with Crippen molar-refractivity contribution in [1.29, 1.82) is 0 Å². The van der Waals surface area contributed by atoms with E-state index in [2.05, 4.69) is 35.8 Å². The van der Waals surface area contributed by atoms with Crippen molar-refractivity contribution in [2.45, 2.75) is 39.7 Å². The molecular weight excluding hydrogens is 282 g/mol. The first-order chi connectivity index (χ1) is 10.2. The summed E-state index contributed by atoms with van der Waals surface area (Å²) >= 11 is 6.06. The Morgan fingerprint density at radius 1 is 1.24 bits per heavy atom. The summed E-state index contributed by atoms with van der Waals surface area (Å²) in [6, 6.07) is 10.3. The summed E-state index contributed by atoms with van der Waals surface area (Å²) in [5.74, 6) is 0.412. The molecule has 21 heavy (non-hydrogen) atoms. The Balaban J connectivity index is 2.10. The lowest BCUT2D eigenvalue weighted by atomic mass is 9.94. The molecule has 0 saturated heterocycles. The molecule has 1 unspecified atom stereocenters. The number of benzene rings is 1. The Kier molecular flexibility index (Phi) is 5.83. The van der Waals surface area contributed by atoms with E-state index in [1.165, 1.54) is 11.3 Å². The van der Waals surface area contributed by atoms with E-state index in [9.17, 15) is 0 Å². The first-order valence-corrected chi connectivity index (χ1v) is 8.04. The lowest BCUT2D eigenvalue weighted by Gasteiger charge is -2.15. The maximum atomic E-state index is 6.06. The quantitative estimate of drug-likeness (QED) is 0.851. The minimum atomic E-state index is 0.412. The lowest BCUT2D eigenvalue weighted by Crippen LogP contribution is -2.21. The Labute approximate surface area is 132 Å². The van der Waals surface area contributed by atoms with E-state index in [1.807, 2.05) is 18.2 Å². The third-order valence-electron chi connectivity index (χ3n) is 3.82. The van der Waals surface area contributed by atoms with Crippen molar-refractivity contribution < 1.29 is 0 Å². The van der Waals surface area contributed by atoms with Gasteiger partial charge in [0.2, 0.25) is 0 Å². The Bertz CT molecular complexity index is 577. The van der Waals surface area contributed by atoms with Gasteiger partial charge in [-0.2, -0.15) is 5.10 Å². The molecule has 0 aliphatic heterocycles. The Hall–Kier alpha value is -1.32. The van der Waals surface area contributed by atoms with Gasteiger partial charge in [-0.1, -0.05) is 30.7 Å². The predicted octanol–water partition coefficient (Wildman–Crippen LogP) is 3.48. The molecule has 1 aromatic heterocycles. The van der Waals surface area contributed by atoms with Gasteiger partial charge >= 0.3 is 0 Å². The summed E-state index contributed by atoms with van der Waals surface area (Å²) in [5.41, 5.74) is 9.66. The standard InChI is InChI=1S/C17H24ClN3/c1-3-16-11-17(21(4-2)20-16)10-14(12-19)8-13-6-5-7-15(18)9-13/h5-7,9,11,14H,3-4,8,10,12,19H2,1-2H3. The second kappa shape index (κ2) is 7.62. The monoisotopic (exact) mass is 305 g/mol. The zero-order chi connectivity index (χ0) is 15.2. The molecule has 1 atom stereocenters. The zero-order valence-electron chi connectivity index (χ0n) is 12.8. The highest BCUT2D eigenvalue weighted by molar-refractivity contribution is 6.30. The molecule has 114 valence electrons. The summed E-state index contributed by atoms with van der Waals surface area (Å²) in [7, 11) is 0. The van der Waals surface area contributed by atoms with E-state index >= 15 is 0 Å². The SMILES string of the molecule is CCc1cc(CC(CN)Cc2cccc(Cl)c2)n(CC)n1. The highest BCUT2D eigenvalue weighted by Gasteiger charge is 2.13. The van der Waals surface area contributed by atoms with Crippen LogP contribution in [0.15, 0.2) is 30.3 Å². The van der Waals surface area contributed by atoms with Gasteiger partial charge in [-0.05, 0) is 62.4 Å². The molecular formula is C17H24ClN3. The first kappa shape index (κ1) is 16.1. The molecule has 0 saturated carbocycles. The van der Waals surface area contributed by atoms with Gasteiger partial charge < -0.3 is 5.73 Å². The van der Waals surface area contributed by atoms with Crippen LogP contribution in [0.1, 0.15) is 30.8 Å². The van der Waals surface area contributed by atoms with Gasteiger partial charge in [0.15, 0.2) is 0 Å². The number of hydrogen-bond donors (Lipinski definition) is 1. The summed E-state index contributed by atoms with van der Waals surface area (Å²) in [5, 5.41) is 5.40. The van der Waals surface area contributed by atoms with Crippen LogP contribution >= 0.6 is 11.6 Å². The predicted molar refractivity (Wildman–Crippen MR) is 88.7 cm³/mol. The second-order valence-corrected chi connectivity index (χ2v) is 5.87. The number of hydrogen-bond acceptors (Lipinski definition) is 2. The Morgan fingerprint density at radius 3 is 2.67 bits per heavy atom. The van der Waals surface area contributed by atoms with Crippen LogP contribution in [0.5, 0.6) is 0 Å². The summed E-state index contributed by atoms with van der Waals surface area (Å²) in [6.07, 6.45) is 2.89. The smallest absolute Gasteiger partial charge is 0.0624 e. The molecule has 1 aromatic carbocycles. The largest absolute Gasteiger partial charge is 0.330 e. The fourth-order valence-electron chi connectivity index (χ4n) is 2.66. The van der Waals surface area contributed by atoms with Crippen LogP contribution in [0.2, 0.25) is 5.02 Å². The first-order valence-electron chi connectivity index (χ1n) is 7.66. The van der Waals surface area contributed by atoms with Crippen LogP contribution in [0.3, 0.4) is 0 Å². The van der Waals surface area contributed by atoms with E-state index in [0.29, 0.717) is 12.5 Å².